The Balaban J connectivity index is 2.47. The van der Waals surface area contributed by atoms with E-state index in [1.165, 1.54) is 12.1 Å². The minimum Gasteiger partial charge on any atom is -0.337 e. The molecule has 0 radical (unpaired) electrons. The maximum Gasteiger partial charge on any atom is 0.433 e. The van der Waals surface area contributed by atoms with Crippen LogP contribution in [0, 0.1) is 17.1 Å². The minimum atomic E-state index is -4.67. The highest BCUT2D eigenvalue weighted by molar-refractivity contribution is 6.30. The molecule has 1 N–H and O–H groups in total. The first kappa shape index (κ1) is 15.1. The van der Waals surface area contributed by atoms with Gasteiger partial charge in [0.25, 0.3) is 0 Å². The average Bonchev–Trinajstić information content (AvgIpc) is 2.42. The lowest BCUT2D eigenvalue weighted by atomic mass is 10.2. The van der Waals surface area contributed by atoms with Gasteiger partial charge in [-0.05, 0) is 30.3 Å². The summed E-state index contributed by atoms with van der Waals surface area (Å²) in [6.45, 7) is 0. The van der Waals surface area contributed by atoms with Gasteiger partial charge < -0.3 is 5.32 Å². The lowest BCUT2D eigenvalue weighted by molar-refractivity contribution is -0.141. The number of rotatable bonds is 2. The van der Waals surface area contributed by atoms with Gasteiger partial charge in [0.05, 0.1) is 11.3 Å². The molecule has 0 aliphatic heterocycles. The van der Waals surface area contributed by atoms with E-state index in [4.69, 9.17) is 16.9 Å². The SMILES string of the molecule is N#Cc1ccc(C(F)(F)F)nc1Nc1cc(Cl)ccc1F. The van der Waals surface area contributed by atoms with E-state index < -0.39 is 23.5 Å². The number of alkyl halides is 3. The van der Waals surface area contributed by atoms with Crippen LogP contribution < -0.4 is 5.32 Å². The van der Waals surface area contributed by atoms with Crippen molar-refractivity contribution in [1.82, 2.24) is 4.98 Å². The van der Waals surface area contributed by atoms with E-state index in [1.807, 2.05) is 0 Å². The minimum absolute atomic E-state index is 0.151. The smallest absolute Gasteiger partial charge is 0.337 e. The second kappa shape index (κ2) is 5.58. The van der Waals surface area contributed by atoms with Crippen molar-refractivity contribution in [3.05, 3.63) is 52.4 Å². The summed E-state index contributed by atoms with van der Waals surface area (Å²) in [4.78, 5) is 3.31. The molecule has 0 bridgehead atoms. The number of pyridine rings is 1. The highest BCUT2D eigenvalue weighted by Gasteiger charge is 2.33. The van der Waals surface area contributed by atoms with Crippen LogP contribution in [0.2, 0.25) is 5.02 Å². The summed E-state index contributed by atoms with van der Waals surface area (Å²) in [6.07, 6.45) is -4.67. The van der Waals surface area contributed by atoms with Crippen molar-refractivity contribution >= 4 is 23.1 Å². The van der Waals surface area contributed by atoms with Gasteiger partial charge in [-0.1, -0.05) is 11.6 Å². The van der Waals surface area contributed by atoms with E-state index in [9.17, 15) is 17.6 Å². The fourth-order valence-corrected chi connectivity index (χ4v) is 1.70. The number of nitriles is 1. The number of hydrogen-bond donors (Lipinski definition) is 1. The Bertz CT molecular complexity index is 722. The predicted octanol–water partition coefficient (Wildman–Crippen LogP) is 4.51. The quantitative estimate of drug-likeness (QED) is 0.830. The van der Waals surface area contributed by atoms with Crippen molar-refractivity contribution in [3.8, 4) is 6.07 Å². The fourth-order valence-electron chi connectivity index (χ4n) is 1.52. The number of halogens is 5. The molecular formula is C13H6ClF4N3. The normalized spacial score (nSPS) is 11.0. The van der Waals surface area contributed by atoms with E-state index in [-0.39, 0.29) is 16.3 Å². The first-order valence-electron chi connectivity index (χ1n) is 5.51. The summed E-state index contributed by atoms with van der Waals surface area (Å²) in [5.74, 6) is -1.13. The zero-order valence-electron chi connectivity index (χ0n) is 10.2. The van der Waals surface area contributed by atoms with Gasteiger partial charge in [-0.2, -0.15) is 18.4 Å². The Hall–Kier alpha value is -2.33. The number of anilines is 2. The van der Waals surface area contributed by atoms with Crippen LogP contribution in [0.25, 0.3) is 0 Å². The average molecular weight is 316 g/mol. The van der Waals surface area contributed by atoms with Gasteiger partial charge in [0.2, 0.25) is 0 Å². The van der Waals surface area contributed by atoms with Gasteiger partial charge in [-0.15, -0.1) is 0 Å². The van der Waals surface area contributed by atoms with Crippen LogP contribution >= 0.6 is 11.6 Å². The standard InChI is InChI=1S/C13H6ClF4N3/c14-8-2-3-9(15)10(5-8)20-12-7(6-19)1-4-11(21-12)13(16,17)18/h1-5H,(H,20,21). The maximum absolute atomic E-state index is 13.6. The molecule has 0 fully saturated rings. The monoisotopic (exact) mass is 315 g/mol. The lowest BCUT2D eigenvalue weighted by Gasteiger charge is -2.12. The molecule has 2 rings (SSSR count). The maximum atomic E-state index is 13.6. The number of nitrogens with one attached hydrogen (secondary N) is 1. The second-order valence-electron chi connectivity index (χ2n) is 3.95. The van der Waals surface area contributed by atoms with Crippen molar-refractivity contribution in [1.29, 1.82) is 5.26 Å². The Kier molecular flexibility index (Phi) is 4.00. The zero-order chi connectivity index (χ0) is 15.6. The highest BCUT2D eigenvalue weighted by Crippen LogP contribution is 2.31. The number of hydrogen-bond acceptors (Lipinski definition) is 3. The molecule has 108 valence electrons. The van der Waals surface area contributed by atoms with Gasteiger partial charge >= 0.3 is 6.18 Å². The molecular weight excluding hydrogens is 310 g/mol. The third kappa shape index (κ3) is 3.41. The molecule has 1 aromatic carbocycles. The zero-order valence-corrected chi connectivity index (χ0v) is 10.9. The largest absolute Gasteiger partial charge is 0.433 e. The number of aromatic nitrogens is 1. The van der Waals surface area contributed by atoms with Crippen LogP contribution in [0.5, 0.6) is 0 Å². The summed E-state index contributed by atoms with van der Waals surface area (Å²) >= 11 is 5.69. The van der Waals surface area contributed by atoms with Crippen LogP contribution in [0.1, 0.15) is 11.3 Å². The van der Waals surface area contributed by atoms with E-state index in [1.54, 1.807) is 6.07 Å². The molecule has 0 saturated heterocycles. The Morgan fingerprint density at radius 1 is 1.19 bits per heavy atom. The molecule has 1 heterocycles. The van der Waals surface area contributed by atoms with Crippen LogP contribution in [0.3, 0.4) is 0 Å². The van der Waals surface area contributed by atoms with Crippen molar-refractivity contribution in [2.45, 2.75) is 6.18 Å². The molecule has 2 aromatic rings. The first-order chi connectivity index (χ1) is 9.81. The summed E-state index contributed by atoms with van der Waals surface area (Å²) in [7, 11) is 0. The van der Waals surface area contributed by atoms with Gasteiger partial charge in [-0.3, -0.25) is 0 Å². The summed E-state index contributed by atoms with van der Waals surface area (Å²) in [5, 5.41) is 11.4. The molecule has 0 unspecified atom stereocenters. The van der Waals surface area contributed by atoms with E-state index in [0.29, 0.717) is 6.07 Å². The van der Waals surface area contributed by atoms with Crippen molar-refractivity contribution < 1.29 is 17.6 Å². The van der Waals surface area contributed by atoms with Crippen LogP contribution in [-0.4, -0.2) is 4.98 Å². The molecule has 3 nitrogen and oxygen atoms in total. The van der Waals surface area contributed by atoms with Gasteiger partial charge in [0.15, 0.2) is 0 Å². The molecule has 0 aliphatic rings. The topological polar surface area (TPSA) is 48.7 Å². The van der Waals surface area contributed by atoms with Crippen LogP contribution in [0.15, 0.2) is 30.3 Å². The van der Waals surface area contributed by atoms with Crippen molar-refractivity contribution in [3.63, 3.8) is 0 Å². The summed E-state index contributed by atoms with van der Waals surface area (Å²) in [5.41, 5.74) is -1.51. The second-order valence-corrected chi connectivity index (χ2v) is 4.39. The third-order valence-corrected chi connectivity index (χ3v) is 2.72. The van der Waals surface area contributed by atoms with Gasteiger partial charge in [0.1, 0.15) is 23.4 Å². The van der Waals surface area contributed by atoms with E-state index in [0.717, 1.165) is 12.1 Å². The third-order valence-electron chi connectivity index (χ3n) is 2.49. The van der Waals surface area contributed by atoms with Crippen LogP contribution in [0.4, 0.5) is 29.1 Å². The lowest BCUT2D eigenvalue weighted by Crippen LogP contribution is -2.10. The summed E-state index contributed by atoms with van der Waals surface area (Å²) in [6, 6.07) is 6.83. The molecule has 0 amide bonds. The van der Waals surface area contributed by atoms with Crippen LogP contribution in [-0.2, 0) is 6.18 Å². The van der Waals surface area contributed by atoms with Gasteiger partial charge in [-0.25, -0.2) is 9.37 Å². The Morgan fingerprint density at radius 3 is 2.52 bits per heavy atom. The molecule has 21 heavy (non-hydrogen) atoms. The van der Waals surface area contributed by atoms with E-state index >= 15 is 0 Å². The molecule has 0 spiro atoms. The molecule has 8 heteroatoms. The van der Waals surface area contributed by atoms with Crippen molar-refractivity contribution in [2.75, 3.05) is 5.32 Å². The first-order valence-corrected chi connectivity index (χ1v) is 5.89. The predicted molar refractivity (Wildman–Crippen MR) is 68.6 cm³/mol. The fraction of sp³-hybridized carbons (Fsp3) is 0.0769. The highest BCUT2D eigenvalue weighted by atomic mass is 35.5. The number of nitrogens with zero attached hydrogens (tertiary/aromatic N) is 2. The molecule has 0 atom stereocenters. The molecule has 1 aromatic heterocycles. The Labute approximate surface area is 121 Å². The molecule has 0 saturated carbocycles. The molecule has 0 aliphatic carbocycles. The van der Waals surface area contributed by atoms with E-state index in [2.05, 4.69) is 10.3 Å². The Morgan fingerprint density at radius 2 is 1.90 bits per heavy atom. The number of benzene rings is 1. The summed E-state index contributed by atoms with van der Waals surface area (Å²) < 4.78 is 51.4. The van der Waals surface area contributed by atoms with Crippen molar-refractivity contribution in [2.24, 2.45) is 0 Å². The van der Waals surface area contributed by atoms with Gasteiger partial charge in [0, 0.05) is 5.02 Å².